The van der Waals surface area contributed by atoms with Crippen molar-refractivity contribution < 1.29 is 18.7 Å². The summed E-state index contributed by atoms with van der Waals surface area (Å²) in [5.74, 6) is 2.60. The number of pyridine rings is 1. The highest BCUT2D eigenvalue weighted by atomic mass is 32.2. The van der Waals surface area contributed by atoms with Gasteiger partial charge in [0.05, 0.1) is 25.8 Å². The summed E-state index contributed by atoms with van der Waals surface area (Å²) in [4.78, 5) is 44.1. The summed E-state index contributed by atoms with van der Waals surface area (Å²) in [6.07, 6.45) is 7.03. The zero-order valence-electron chi connectivity index (χ0n) is 23.6. The first-order valence-electron chi connectivity index (χ1n) is 14.3. The Morgan fingerprint density at radius 2 is 1.71 bits per heavy atom. The molecule has 0 radical (unpaired) electrons. The number of amides is 1. The number of halogens is 1. The molecule has 5 rings (SSSR count). The molecule has 1 saturated heterocycles. The molecule has 3 heterocycles. The van der Waals surface area contributed by atoms with Gasteiger partial charge < -0.3 is 14.8 Å². The van der Waals surface area contributed by atoms with E-state index < -0.39 is 11.4 Å². The zero-order valence-corrected chi connectivity index (χ0v) is 24.4. The van der Waals surface area contributed by atoms with Crippen LogP contribution in [0.3, 0.4) is 0 Å². The van der Waals surface area contributed by atoms with Gasteiger partial charge in [0.2, 0.25) is 5.91 Å². The maximum Gasteiger partial charge on any atom is 0.333 e. The lowest BCUT2D eigenvalue weighted by Crippen LogP contribution is -2.46. The lowest BCUT2D eigenvalue weighted by molar-refractivity contribution is -0.122. The minimum atomic E-state index is -0.594. The van der Waals surface area contributed by atoms with Crippen molar-refractivity contribution in [1.82, 2.24) is 19.4 Å². The van der Waals surface area contributed by atoms with Gasteiger partial charge in [-0.1, -0.05) is 6.07 Å². The molecule has 1 aliphatic heterocycles. The Morgan fingerprint density at radius 1 is 1.00 bits per heavy atom. The molecule has 11 heteroatoms. The Labute approximate surface area is 242 Å². The lowest BCUT2D eigenvalue weighted by atomic mass is 9.90. The zero-order chi connectivity index (χ0) is 28.9. The number of ether oxygens (including phenoxy) is 2. The van der Waals surface area contributed by atoms with E-state index in [2.05, 4.69) is 10.3 Å². The van der Waals surface area contributed by atoms with Gasteiger partial charge in [-0.2, -0.15) is 11.8 Å². The van der Waals surface area contributed by atoms with Crippen molar-refractivity contribution in [2.45, 2.75) is 75.9 Å². The summed E-state index contributed by atoms with van der Waals surface area (Å²) in [5, 5.41) is 3.28. The van der Waals surface area contributed by atoms with Crippen molar-refractivity contribution >= 4 is 28.7 Å². The van der Waals surface area contributed by atoms with E-state index >= 15 is 0 Å². The number of aromatic nitrogens is 3. The Hall–Kier alpha value is -3.34. The minimum Gasteiger partial charge on any atom is -0.493 e. The Bertz CT molecular complexity index is 1510. The third-order valence-electron chi connectivity index (χ3n) is 8.22. The van der Waals surface area contributed by atoms with Crippen molar-refractivity contribution in [3.8, 4) is 11.5 Å². The summed E-state index contributed by atoms with van der Waals surface area (Å²) in [6, 6.07) is 6.59. The number of nitrogens with zero attached hydrogens (tertiary/aromatic N) is 3. The van der Waals surface area contributed by atoms with Gasteiger partial charge in [-0.15, -0.1) is 0 Å². The van der Waals surface area contributed by atoms with Crippen LogP contribution in [0.15, 0.2) is 40.1 Å². The molecule has 41 heavy (non-hydrogen) atoms. The molecular weight excluding hydrogens is 547 g/mol. The van der Waals surface area contributed by atoms with Crippen LogP contribution in [0.5, 0.6) is 11.5 Å². The number of nitrogens with one attached hydrogen (secondary N) is 1. The molecule has 2 aromatic heterocycles. The topological polar surface area (TPSA) is 104 Å². The highest BCUT2D eigenvalue weighted by molar-refractivity contribution is 7.99. The van der Waals surface area contributed by atoms with Crippen LogP contribution in [-0.2, 0) is 11.2 Å². The van der Waals surface area contributed by atoms with Crippen molar-refractivity contribution in [3.05, 3.63) is 62.7 Å². The quantitative estimate of drug-likeness (QED) is 0.398. The van der Waals surface area contributed by atoms with Crippen LogP contribution in [0, 0.1) is 5.82 Å². The molecule has 0 spiro atoms. The first-order chi connectivity index (χ1) is 19.9. The fourth-order valence-corrected chi connectivity index (χ4v) is 7.15. The summed E-state index contributed by atoms with van der Waals surface area (Å²) in [5.41, 5.74) is 0.496. The van der Waals surface area contributed by atoms with E-state index in [0.717, 1.165) is 42.5 Å². The molecule has 0 atom stereocenters. The molecule has 1 aliphatic carbocycles. The molecule has 1 aromatic carbocycles. The number of fused-ring (bicyclic) bond motifs is 1. The number of benzene rings is 1. The van der Waals surface area contributed by atoms with E-state index in [0.29, 0.717) is 50.0 Å². The van der Waals surface area contributed by atoms with Crippen LogP contribution < -0.4 is 26.0 Å². The van der Waals surface area contributed by atoms with E-state index in [1.165, 1.54) is 10.6 Å². The molecule has 0 bridgehead atoms. The molecule has 220 valence electrons. The maximum absolute atomic E-state index is 14.1. The fraction of sp³-hybridized carbons (Fsp3) is 0.533. The number of thioether (sulfide) groups is 1. The van der Waals surface area contributed by atoms with E-state index in [1.807, 2.05) is 30.0 Å². The van der Waals surface area contributed by atoms with Crippen molar-refractivity contribution in [2.24, 2.45) is 0 Å². The highest BCUT2D eigenvalue weighted by Gasteiger charge is 2.29. The van der Waals surface area contributed by atoms with E-state index in [1.54, 1.807) is 18.8 Å². The molecule has 2 aliphatic rings. The first-order valence-corrected chi connectivity index (χ1v) is 15.5. The lowest BCUT2D eigenvalue weighted by Gasteiger charge is -2.31. The first kappa shape index (κ1) is 29.2. The van der Waals surface area contributed by atoms with Gasteiger partial charge in [0.15, 0.2) is 11.5 Å². The van der Waals surface area contributed by atoms with Crippen LogP contribution in [0.25, 0.3) is 11.0 Å². The van der Waals surface area contributed by atoms with Gasteiger partial charge in [-0.25, -0.2) is 14.2 Å². The van der Waals surface area contributed by atoms with Crippen molar-refractivity contribution in [3.63, 3.8) is 0 Å². The van der Waals surface area contributed by atoms with Crippen LogP contribution >= 0.6 is 11.8 Å². The van der Waals surface area contributed by atoms with E-state index in [9.17, 15) is 18.8 Å². The number of methoxy groups -OCH3 is 2. The molecule has 1 amide bonds. The highest BCUT2D eigenvalue weighted by Crippen LogP contribution is 2.31. The number of carbonyl (C=O) groups is 1. The number of hydrogen-bond donors (Lipinski definition) is 1. The van der Waals surface area contributed by atoms with E-state index in [4.69, 9.17) is 9.47 Å². The average molecular weight is 585 g/mol. The summed E-state index contributed by atoms with van der Waals surface area (Å²) >= 11 is 1.85. The second-order valence-electron chi connectivity index (χ2n) is 10.8. The molecule has 3 aromatic rings. The number of aryl methyl sites for hydroxylation is 1. The van der Waals surface area contributed by atoms with Crippen molar-refractivity contribution in [1.29, 1.82) is 0 Å². The van der Waals surface area contributed by atoms with Gasteiger partial charge in [-0.05, 0) is 86.6 Å². The average Bonchev–Trinajstić information content (AvgIpc) is 2.99. The van der Waals surface area contributed by atoms with Gasteiger partial charge in [-0.3, -0.25) is 18.7 Å². The van der Waals surface area contributed by atoms with E-state index in [-0.39, 0.29) is 40.8 Å². The molecular formula is C30H37FN4O5S. The molecule has 9 nitrogen and oxygen atoms in total. The fourth-order valence-electron chi connectivity index (χ4n) is 6.07. The Balaban J connectivity index is 1.22. The Kier molecular flexibility index (Phi) is 9.32. The Morgan fingerprint density at radius 3 is 2.41 bits per heavy atom. The van der Waals surface area contributed by atoms with Gasteiger partial charge in [0.25, 0.3) is 5.56 Å². The van der Waals surface area contributed by atoms with Crippen LogP contribution in [-0.4, -0.2) is 51.8 Å². The molecule has 2 fully saturated rings. The molecule has 0 unspecified atom stereocenters. The smallest absolute Gasteiger partial charge is 0.333 e. The second-order valence-corrected chi connectivity index (χ2v) is 12.0. The molecule has 1 N–H and O–H groups in total. The van der Waals surface area contributed by atoms with Crippen LogP contribution in [0.4, 0.5) is 4.39 Å². The third-order valence-corrected chi connectivity index (χ3v) is 9.27. The van der Waals surface area contributed by atoms with Gasteiger partial charge >= 0.3 is 5.69 Å². The normalized spacial score (nSPS) is 19.7. The standard InChI is InChI=1S/C30H37FN4O5S/c1-39-25-11-6-19(16-26(25)40-2)4-3-5-27(36)33-21-7-9-22(10-8-21)35-29(37)24-17-20(31)18-32-28(24)34(30(35)38)23-12-14-41-15-13-23/h6,11,16-18,21-23H,3-5,7-10,12-15H2,1-2H3,(H,33,36). The predicted molar refractivity (Wildman–Crippen MR) is 158 cm³/mol. The van der Waals surface area contributed by atoms with Crippen LogP contribution in [0.1, 0.15) is 69.0 Å². The SMILES string of the molecule is COc1ccc(CCCC(=O)NC2CCC(n3c(=O)c4cc(F)cnc4n(C4CCSCC4)c3=O)CC2)cc1OC. The number of hydrogen-bond acceptors (Lipinski definition) is 7. The summed E-state index contributed by atoms with van der Waals surface area (Å²) in [6.45, 7) is 0. The number of rotatable bonds is 9. The largest absolute Gasteiger partial charge is 0.493 e. The number of carbonyl (C=O) groups excluding carboxylic acids is 1. The summed E-state index contributed by atoms with van der Waals surface area (Å²) in [7, 11) is 3.20. The third kappa shape index (κ3) is 6.45. The van der Waals surface area contributed by atoms with Crippen molar-refractivity contribution in [2.75, 3.05) is 25.7 Å². The monoisotopic (exact) mass is 584 g/mol. The second kappa shape index (κ2) is 13.1. The summed E-state index contributed by atoms with van der Waals surface area (Å²) < 4.78 is 27.7. The van der Waals surface area contributed by atoms with Gasteiger partial charge in [0.1, 0.15) is 11.5 Å². The minimum absolute atomic E-state index is 0.00382. The predicted octanol–water partition coefficient (Wildman–Crippen LogP) is 4.41. The maximum atomic E-state index is 14.1. The molecule has 1 saturated carbocycles. The van der Waals surface area contributed by atoms with Crippen LogP contribution in [0.2, 0.25) is 0 Å². The van der Waals surface area contributed by atoms with Gasteiger partial charge in [0, 0.05) is 24.5 Å².